The Morgan fingerprint density at radius 1 is 1.11 bits per heavy atom. The van der Waals surface area contributed by atoms with Gasteiger partial charge in [0, 0.05) is 28.7 Å². The molecule has 0 amide bonds. The number of tetrazole rings is 1. The number of H-pyrrole nitrogens is 1. The van der Waals surface area contributed by atoms with Gasteiger partial charge in [0.25, 0.3) is 5.56 Å². The quantitative estimate of drug-likeness (QED) is 0.444. The van der Waals surface area contributed by atoms with E-state index in [9.17, 15) is 4.79 Å². The van der Waals surface area contributed by atoms with Crippen molar-refractivity contribution in [2.24, 2.45) is 0 Å². The van der Waals surface area contributed by atoms with Gasteiger partial charge < -0.3 is 14.6 Å². The number of aryl methyl sites for hydroxylation is 1. The van der Waals surface area contributed by atoms with Gasteiger partial charge in [-0.15, -0.1) is 5.10 Å². The summed E-state index contributed by atoms with van der Waals surface area (Å²) in [5.74, 6) is 1.52. The second-order valence-electron chi connectivity index (χ2n) is 9.48. The van der Waals surface area contributed by atoms with Crippen LogP contribution in [0.5, 0.6) is 5.75 Å². The minimum absolute atomic E-state index is 0.115. The van der Waals surface area contributed by atoms with E-state index < -0.39 is 6.04 Å². The molecule has 2 aliphatic rings. The van der Waals surface area contributed by atoms with E-state index in [0.29, 0.717) is 12.2 Å². The van der Waals surface area contributed by atoms with Crippen molar-refractivity contribution < 1.29 is 4.74 Å². The molecule has 8 heteroatoms. The number of para-hydroxylation sites is 1. The molecule has 1 aliphatic carbocycles. The summed E-state index contributed by atoms with van der Waals surface area (Å²) in [4.78, 5) is 19.0. The Morgan fingerprint density at radius 2 is 1.97 bits per heavy atom. The summed E-state index contributed by atoms with van der Waals surface area (Å²) < 4.78 is 7.71. The zero-order valence-corrected chi connectivity index (χ0v) is 20.0. The molecule has 2 aromatic heterocycles. The summed E-state index contributed by atoms with van der Waals surface area (Å²) in [6.45, 7) is 3.38. The first-order valence-corrected chi connectivity index (χ1v) is 12.6. The Morgan fingerprint density at radius 3 is 2.83 bits per heavy atom. The number of nitrogens with one attached hydrogen (secondary N) is 1. The topological polar surface area (TPSA) is 88.9 Å². The third kappa shape index (κ3) is 3.96. The van der Waals surface area contributed by atoms with Crippen molar-refractivity contribution in [3.8, 4) is 5.75 Å². The fourth-order valence-corrected chi connectivity index (χ4v) is 5.73. The Hall–Kier alpha value is -3.68. The van der Waals surface area contributed by atoms with Gasteiger partial charge in [-0.2, -0.15) is 0 Å². The molecule has 6 rings (SSSR count). The van der Waals surface area contributed by atoms with E-state index in [2.05, 4.69) is 49.7 Å². The van der Waals surface area contributed by atoms with E-state index in [-0.39, 0.29) is 11.6 Å². The first-order valence-electron chi connectivity index (χ1n) is 12.6. The van der Waals surface area contributed by atoms with E-state index in [1.54, 1.807) is 0 Å². The van der Waals surface area contributed by atoms with E-state index >= 15 is 0 Å². The zero-order chi connectivity index (χ0) is 23.8. The highest BCUT2D eigenvalue weighted by molar-refractivity contribution is 5.81. The van der Waals surface area contributed by atoms with Crippen LogP contribution in [0.2, 0.25) is 0 Å². The molecule has 0 bridgehead atoms. The lowest BCUT2D eigenvalue weighted by atomic mass is 9.96. The number of fused-ring (bicyclic) bond motifs is 2. The standard InChI is InChI=1S/C27H30N6O2/c1-2-35-21-13-14-23-19(16-21)17-22(27(34)28-23)25(26-29-30-31-33(26)20-10-4-5-11-20)32-15-7-9-18-8-3-6-12-24(18)32/h3,6,8,12-14,16-17,20,25H,2,4-5,7,9-11,15H2,1H3,(H,28,34)/t25-/m1/s1. The van der Waals surface area contributed by atoms with Crippen LogP contribution in [0.4, 0.5) is 5.69 Å². The number of anilines is 1. The highest BCUT2D eigenvalue weighted by Gasteiger charge is 2.35. The summed E-state index contributed by atoms with van der Waals surface area (Å²) in [5.41, 5.74) is 3.76. The zero-order valence-electron chi connectivity index (χ0n) is 20.0. The number of hydrogen-bond donors (Lipinski definition) is 1. The average molecular weight is 471 g/mol. The summed E-state index contributed by atoms with van der Waals surface area (Å²) in [6.07, 6.45) is 6.52. The molecule has 1 atom stereocenters. The molecular formula is C27H30N6O2. The van der Waals surface area contributed by atoms with Crippen molar-refractivity contribution in [3.63, 3.8) is 0 Å². The summed E-state index contributed by atoms with van der Waals surface area (Å²) >= 11 is 0. The summed E-state index contributed by atoms with van der Waals surface area (Å²) in [6, 6.07) is 16.1. The van der Waals surface area contributed by atoms with Gasteiger partial charge in [0.15, 0.2) is 5.82 Å². The van der Waals surface area contributed by atoms with Crippen LogP contribution in [0.1, 0.15) is 68.1 Å². The lowest BCUT2D eigenvalue weighted by Crippen LogP contribution is -2.38. The number of hydrogen-bond acceptors (Lipinski definition) is 6. The average Bonchev–Trinajstić information content (AvgIpc) is 3.57. The second-order valence-corrected chi connectivity index (χ2v) is 9.48. The van der Waals surface area contributed by atoms with Crippen LogP contribution in [0.25, 0.3) is 10.9 Å². The van der Waals surface area contributed by atoms with Crippen molar-refractivity contribution in [2.45, 2.75) is 57.5 Å². The van der Waals surface area contributed by atoms with Gasteiger partial charge in [0.05, 0.1) is 12.6 Å². The lowest BCUT2D eigenvalue weighted by Gasteiger charge is -2.37. The number of ether oxygens (including phenoxy) is 1. The molecule has 180 valence electrons. The highest BCUT2D eigenvalue weighted by atomic mass is 16.5. The van der Waals surface area contributed by atoms with Crippen molar-refractivity contribution in [1.29, 1.82) is 0 Å². The van der Waals surface area contributed by atoms with Gasteiger partial charge in [-0.1, -0.05) is 31.0 Å². The predicted molar refractivity (Wildman–Crippen MR) is 135 cm³/mol. The normalized spacial score (nSPS) is 17.0. The molecule has 1 N–H and O–H groups in total. The third-order valence-electron chi connectivity index (χ3n) is 7.34. The molecule has 4 aromatic rings. The van der Waals surface area contributed by atoms with E-state index in [1.165, 1.54) is 18.4 Å². The number of nitrogens with zero attached hydrogens (tertiary/aromatic N) is 5. The monoisotopic (exact) mass is 470 g/mol. The first kappa shape index (κ1) is 21.8. The lowest BCUT2D eigenvalue weighted by molar-refractivity contribution is 0.340. The molecule has 1 aliphatic heterocycles. The molecule has 1 fully saturated rings. The van der Waals surface area contributed by atoms with Crippen LogP contribution >= 0.6 is 0 Å². The van der Waals surface area contributed by atoms with Crippen molar-refractivity contribution in [1.82, 2.24) is 25.2 Å². The van der Waals surface area contributed by atoms with Crippen LogP contribution in [0.3, 0.4) is 0 Å². The number of benzene rings is 2. The number of rotatable bonds is 6. The van der Waals surface area contributed by atoms with Crippen LogP contribution in [0, 0.1) is 0 Å². The molecule has 35 heavy (non-hydrogen) atoms. The Labute approximate surface area is 203 Å². The Bertz CT molecular complexity index is 1400. The molecule has 0 saturated heterocycles. The molecule has 3 heterocycles. The van der Waals surface area contributed by atoms with E-state index in [0.717, 1.165) is 60.4 Å². The van der Waals surface area contributed by atoms with E-state index in [4.69, 9.17) is 4.74 Å². The van der Waals surface area contributed by atoms with Crippen LogP contribution < -0.4 is 15.2 Å². The first-order chi connectivity index (χ1) is 17.2. The molecule has 0 radical (unpaired) electrons. The maximum absolute atomic E-state index is 13.6. The van der Waals surface area contributed by atoms with Gasteiger partial charge >= 0.3 is 0 Å². The van der Waals surface area contributed by atoms with Crippen LogP contribution in [-0.2, 0) is 6.42 Å². The van der Waals surface area contributed by atoms with E-state index in [1.807, 2.05) is 35.9 Å². The summed E-state index contributed by atoms with van der Waals surface area (Å²) in [5, 5.41) is 14.0. The SMILES string of the molecule is CCOc1ccc2[nH]c(=O)c([C@H](c3nnnn3C3CCCC3)N3CCCc4ccccc43)cc2c1. The molecule has 1 saturated carbocycles. The molecule has 0 unspecified atom stereocenters. The largest absolute Gasteiger partial charge is 0.494 e. The minimum Gasteiger partial charge on any atom is -0.494 e. The second kappa shape index (κ2) is 9.17. The Balaban J connectivity index is 1.55. The molecule has 8 nitrogen and oxygen atoms in total. The maximum atomic E-state index is 13.6. The minimum atomic E-state index is -0.393. The van der Waals surface area contributed by atoms with Crippen molar-refractivity contribution in [3.05, 3.63) is 75.8 Å². The van der Waals surface area contributed by atoms with Gasteiger partial charge in [-0.05, 0) is 78.9 Å². The number of aromatic nitrogens is 5. The van der Waals surface area contributed by atoms with Crippen molar-refractivity contribution >= 4 is 16.6 Å². The Kier molecular flexibility index (Phi) is 5.72. The maximum Gasteiger partial charge on any atom is 0.254 e. The van der Waals surface area contributed by atoms with Crippen molar-refractivity contribution in [2.75, 3.05) is 18.1 Å². The number of aromatic amines is 1. The van der Waals surface area contributed by atoms with Crippen LogP contribution in [-0.4, -0.2) is 38.3 Å². The van der Waals surface area contributed by atoms with Gasteiger partial charge in [0.2, 0.25) is 0 Å². The van der Waals surface area contributed by atoms with Crippen LogP contribution in [0.15, 0.2) is 53.3 Å². The molecule has 2 aromatic carbocycles. The highest BCUT2D eigenvalue weighted by Crippen LogP contribution is 2.39. The van der Waals surface area contributed by atoms with Gasteiger partial charge in [0.1, 0.15) is 11.8 Å². The van der Waals surface area contributed by atoms with Gasteiger partial charge in [-0.25, -0.2) is 4.68 Å². The van der Waals surface area contributed by atoms with Gasteiger partial charge in [-0.3, -0.25) is 4.79 Å². The predicted octanol–water partition coefficient (Wildman–Crippen LogP) is 4.57. The molecule has 0 spiro atoms. The fraction of sp³-hybridized carbons (Fsp3) is 0.407. The smallest absolute Gasteiger partial charge is 0.254 e. The number of pyridine rings is 1. The molecular weight excluding hydrogens is 440 g/mol. The third-order valence-corrected chi connectivity index (χ3v) is 7.34. The fourth-order valence-electron chi connectivity index (χ4n) is 5.73. The summed E-state index contributed by atoms with van der Waals surface area (Å²) in [7, 11) is 0.